The molecule has 1 aliphatic rings. The lowest BCUT2D eigenvalue weighted by Crippen LogP contribution is -2.55. The van der Waals surface area contributed by atoms with Crippen molar-refractivity contribution in [3.05, 3.63) is 0 Å². The van der Waals surface area contributed by atoms with Crippen LogP contribution in [-0.2, 0) is 0 Å². The molecule has 0 aromatic rings. The topological polar surface area (TPSA) is 118 Å². The van der Waals surface area contributed by atoms with Crippen LogP contribution in [0.2, 0.25) is 0 Å². The third-order valence-corrected chi connectivity index (χ3v) is 10.0. The van der Waals surface area contributed by atoms with Crippen LogP contribution in [0.3, 0.4) is 0 Å². The predicted octanol–water partition coefficient (Wildman–Crippen LogP) is 4.49. The molecule has 0 heterocycles. The van der Waals surface area contributed by atoms with Crippen molar-refractivity contribution < 1.29 is 10.2 Å². The summed E-state index contributed by atoms with van der Waals surface area (Å²) in [7, 11) is 2.36. The molecule has 0 bridgehead atoms. The van der Waals surface area contributed by atoms with Crippen LogP contribution in [0.15, 0.2) is 0 Å². The first-order valence-corrected chi connectivity index (χ1v) is 18.9. The van der Waals surface area contributed by atoms with Crippen molar-refractivity contribution in [3.63, 3.8) is 0 Å². The lowest BCUT2D eigenvalue weighted by Gasteiger charge is -2.34. The number of nitrogens with zero attached hydrogens (tertiary/aromatic N) is 1. The molecule has 0 aromatic heterocycles. The Morgan fingerprint density at radius 1 is 0.818 bits per heavy atom. The van der Waals surface area contributed by atoms with E-state index in [1.807, 2.05) is 0 Å². The van der Waals surface area contributed by atoms with Gasteiger partial charge in [0.15, 0.2) is 0 Å². The Hall–Kier alpha value is -0.320. The Bertz CT molecular complexity index is 638. The summed E-state index contributed by atoms with van der Waals surface area (Å²) in [6.45, 7) is 16.8. The summed E-state index contributed by atoms with van der Waals surface area (Å²) < 4.78 is 0. The largest absolute Gasteiger partial charge is 0.395 e. The number of unbranched alkanes of at least 4 members (excludes halogenated alkanes) is 8. The van der Waals surface area contributed by atoms with Crippen LogP contribution in [0.1, 0.15) is 125 Å². The maximum Gasteiger partial charge on any atom is 0.0677 e. The number of aliphatic hydroxyl groups is 2. The van der Waals surface area contributed by atoms with Crippen LogP contribution in [0.5, 0.6) is 0 Å². The third-order valence-electron chi connectivity index (χ3n) is 10.0. The van der Waals surface area contributed by atoms with Crippen LogP contribution in [0, 0.1) is 17.8 Å². The molecule has 1 fully saturated rings. The Morgan fingerprint density at radius 3 is 2.02 bits per heavy atom. The summed E-state index contributed by atoms with van der Waals surface area (Å²) >= 11 is 0. The van der Waals surface area contributed by atoms with Crippen LogP contribution >= 0.6 is 0 Å². The number of aliphatic hydroxyl groups excluding tert-OH is 2. The molecule has 0 spiro atoms. The standard InChI is InChI=1S/C36H78N6O2/c1-7-9-10-11-12-13-14-15-16-17-29(3)28-42(6)34(22-32-18-19-32)25-41-35(30(4)8-2)27-39-33(23-37)24-40-36(31(5)44)26-38-20-21-43/h29-36,38-41,43-44H,7-28,37H2,1-6H3/t29-,30-,31+,33+,34+,35-,36+/m1/s1. The van der Waals surface area contributed by atoms with Gasteiger partial charge in [-0.2, -0.15) is 0 Å². The molecule has 8 N–H and O–H groups in total. The zero-order chi connectivity index (χ0) is 32.6. The van der Waals surface area contributed by atoms with Crippen LogP contribution < -0.4 is 27.0 Å². The number of hydrogen-bond acceptors (Lipinski definition) is 8. The zero-order valence-electron chi connectivity index (χ0n) is 30.1. The molecule has 0 aliphatic heterocycles. The fraction of sp³-hybridized carbons (Fsp3) is 1.00. The molecule has 7 atom stereocenters. The quantitative estimate of drug-likeness (QED) is 0.0547. The molecule has 0 unspecified atom stereocenters. The SMILES string of the molecule is CCCCCCCCCCC[C@@H](C)CN(C)[C@H](CN[C@H](CN[C@@H](CN)CN[C@@H](CNCCO)[C@H](C)O)[C@H](C)CC)CC1CC1. The van der Waals surface area contributed by atoms with E-state index in [9.17, 15) is 5.11 Å². The van der Waals surface area contributed by atoms with Crippen molar-refractivity contribution in [2.24, 2.45) is 23.5 Å². The van der Waals surface area contributed by atoms with Gasteiger partial charge >= 0.3 is 0 Å². The third kappa shape index (κ3) is 20.7. The van der Waals surface area contributed by atoms with Crippen molar-refractivity contribution in [2.45, 2.75) is 155 Å². The van der Waals surface area contributed by atoms with Gasteiger partial charge in [0, 0.05) is 70.0 Å². The Kier molecular flexibility index (Phi) is 25.3. The minimum absolute atomic E-state index is 0.0812. The number of rotatable bonds is 32. The van der Waals surface area contributed by atoms with E-state index in [2.05, 4.69) is 60.9 Å². The smallest absolute Gasteiger partial charge is 0.0677 e. The summed E-state index contributed by atoms with van der Waals surface area (Å²) in [5.74, 6) is 2.23. The van der Waals surface area contributed by atoms with Crippen LogP contribution in [0.25, 0.3) is 0 Å². The second-order valence-electron chi connectivity index (χ2n) is 14.4. The maximum atomic E-state index is 10.2. The van der Waals surface area contributed by atoms with Gasteiger partial charge in [0.05, 0.1) is 12.7 Å². The highest BCUT2D eigenvalue weighted by Gasteiger charge is 2.29. The van der Waals surface area contributed by atoms with E-state index < -0.39 is 6.10 Å². The molecule has 1 aliphatic carbocycles. The van der Waals surface area contributed by atoms with Crippen molar-refractivity contribution >= 4 is 0 Å². The molecule has 0 aromatic carbocycles. The predicted molar refractivity (Wildman–Crippen MR) is 190 cm³/mol. The van der Waals surface area contributed by atoms with Gasteiger partial charge < -0.3 is 42.1 Å². The molecular weight excluding hydrogens is 548 g/mol. The molecule has 0 amide bonds. The molecule has 0 saturated heterocycles. The Labute approximate surface area is 273 Å². The van der Waals surface area contributed by atoms with Gasteiger partial charge in [-0.05, 0) is 44.6 Å². The molecular formula is C36H78N6O2. The average Bonchev–Trinajstić information content (AvgIpc) is 3.83. The van der Waals surface area contributed by atoms with E-state index in [1.54, 1.807) is 6.92 Å². The highest BCUT2D eigenvalue weighted by molar-refractivity contribution is 4.87. The fourth-order valence-electron chi connectivity index (χ4n) is 6.32. The molecule has 1 rings (SSSR count). The number of nitrogens with two attached hydrogens (primary N) is 1. The van der Waals surface area contributed by atoms with E-state index in [1.165, 1.54) is 90.0 Å². The van der Waals surface area contributed by atoms with E-state index in [-0.39, 0.29) is 18.7 Å². The first-order valence-electron chi connectivity index (χ1n) is 18.9. The minimum atomic E-state index is -0.484. The lowest BCUT2D eigenvalue weighted by molar-refractivity contribution is 0.140. The van der Waals surface area contributed by atoms with Crippen molar-refractivity contribution in [1.82, 2.24) is 26.2 Å². The van der Waals surface area contributed by atoms with Crippen molar-refractivity contribution in [1.29, 1.82) is 0 Å². The Balaban J connectivity index is 2.52. The van der Waals surface area contributed by atoms with Crippen LogP contribution in [-0.4, -0.2) is 105 Å². The average molecular weight is 627 g/mol. The van der Waals surface area contributed by atoms with E-state index in [4.69, 9.17) is 10.8 Å². The summed E-state index contributed by atoms with van der Waals surface area (Å²) in [5, 5.41) is 33.6. The van der Waals surface area contributed by atoms with Crippen molar-refractivity contribution in [2.75, 3.05) is 59.5 Å². The molecule has 8 nitrogen and oxygen atoms in total. The summed E-state index contributed by atoms with van der Waals surface area (Å²) in [4.78, 5) is 2.67. The summed E-state index contributed by atoms with van der Waals surface area (Å²) in [6.07, 6.45) is 18.8. The van der Waals surface area contributed by atoms with E-state index >= 15 is 0 Å². The minimum Gasteiger partial charge on any atom is -0.395 e. The fourth-order valence-corrected chi connectivity index (χ4v) is 6.32. The zero-order valence-corrected chi connectivity index (χ0v) is 30.1. The number of likely N-dealkylation sites (N-methyl/N-ethyl adjacent to an activating group) is 1. The molecule has 1 saturated carbocycles. The first-order chi connectivity index (χ1) is 21.2. The highest BCUT2D eigenvalue weighted by Crippen LogP contribution is 2.34. The van der Waals surface area contributed by atoms with Gasteiger partial charge in [0.2, 0.25) is 0 Å². The molecule has 0 radical (unpaired) electrons. The van der Waals surface area contributed by atoms with E-state index in [0.29, 0.717) is 44.2 Å². The monoisotopic (exact) mass is 627 g/mol. The van der Waals surface area contributed by atoms with Gasteiger partial charge in [0.25, 0.3) is 0 Å². The van der Waals surface area contributed by atoms with Gasteiger partial charge in [-0.15, -0.1) is 0 Å². The highest BCUT2D eigenvalue weighted by atomic mass is 16.3. The van der Waals surface area contributed by atoms with Crippen molar-refractivity contribution in [3.8, 4) is 0 Å². The molecule has 264 valence electrons. The molecule has 8 heteroatoms. The second kappa shape index (κ2) is 26.7. The summed E-state index contributed by atoms with van der Waals surface area (Å²) in [5.41, 5.74) is 6.16. The second-order valence-corrected chi connectivity index (χ2v) is 14.4. The Morgan fingerprint density at radius 2 is 1.45 bits per heavy atom. The van der Waals surface area contributed by atoms with Crippen LogP contribution in [0.4, 0.5) is 0 Å². The van der Waals surface area contributed by atoms with Gasteiger partial charge in [-0.3, -0.25) is 0 Å². The van der Waals surface area contributed by atoms with Gasteiger partial charge in [0.1, 0.15) is 0 Å². The van der Waals surface area contributed by atoms with E-state index in [0.717, 1.165) is 31.3 Å². The van der Waals surface area contributed by atoms with Gasteiger partial charge in [-0.25, -0.2) is 0 Å². The lowest BCUT2D eigenvalue weighted by atomic mass is 9.97. The normalized spacial score (nSPS) is 18.7. The molecule has 44 heavy (non-hydrogen) atoms. The first kappa shape index (κ1) is 41.7. The number of nitrogens with one attached hydrogen (secondary N) is 4. The van der Waals surface area contributed by atoms with Gasteiger partial charge in [-0.1, -0.05) is 105 Å². The number of hydrogen-bond donors (Lipinski definition) is 7. The summed E-state index contributed by atoms with van der Waals surface area (Å²) in [6, 6.07) is 1.03. The maximum absolute atomic E-state index is 10.2.